The largest absolute Gasteiger partial charge is 0.481 e. The molecule has 6 heteroatoms. The Labute approximate surface area is 169 Å². The number of aromatic nitrogens is 1. The molecule has 0 amide bonds. The van der Waals surface area contributed by atoms with Crippen LogP contribution in [0, 0.1) is 5.82 Å². The van der Waals surface area contributed by atoms with Gasteiger partial charge in [-0.05, 0) is 44.2 Å². The third-order valence-electron chi connectivity index (χ3n) is 6.49. The Morgan fingerprint density at radius 3 is 2.48 bits per heavy atom. The standard InChI is InChI=1S/C23H29FN2O3/c24-19-12-18-21(13-20(19)25-16-6-2-1-3-7-16)26(17-8-4-5-9-17)14-15(23(18)29)10-11-22(27)28/h12-14,16-17,25H,1-11H2,(H,27,28). The molecule has 2 aliphatic carbocycles. The van der Waals surface area contributed by atoms with E-state index >= 15 is 0 Å². The molecule has 5 nitrogen and oxygen atoms in total. The summed E-state index contributed by atoms with van der Waals surface area (Å²) in [6.45, 7) is 0. The number of aryl methyl sites for hydroxylation is 1. The molecule has 2 aromatic rings. The molecule has 2 aliphatic rings. The molecular formula is C23H29FN2O3. The van der Waals surface area contributed by atoms with Crippen molar-refractivity contribution in [3.63, 3.8) is 0 Å². The number of pyridine rings is 1. The zero-order chi connectivity index (χ0) is 20.4. The zero-order valence-corrected chi connectivity index (χ0v) is 16.8. The van der Waals surface area contributed by atoms with E-state index in [1.165, 1.54) is 12.5 Å². The number of anilines is 1. The highest BCUT2D eigenvalue weighted by Crippen LogP contribution is 2.34. The first-order chi connectivity index (χ1) is 14.0. The Hall–Kier alpha value is -2.37. The van der Waals surface area contributed by atoms with Gasteiger partial charge in [0.2, 0.25) is 0 Å². The van der Waals surface area contributed by atoms with Crippen molar-refractivity contribution in [1.82, 2.24) is 4.57 Å². The van der Waals surface area contributed by atoms with Crippen LogP contribution in [0.15, 0.2) is 23.1 Å². The highest BCUT2D eigenvalue weighted by molar-refractivity contribution is 5.84. The number of rotatable bonds is 6. The fraction of sp³-hybridized carbons (Fsp3) is 0.565. The lowest BCUT2D eigenvalue weighted by atomic mass is 9.95. The Morgan fingerprint density at radius 1 is 1.10 bits per heavy atom. The number of benzene rings is 1. The second kappa shape index (κ2) is 8.56. The number of fused-ring (bicyclic) bond motifs is 1. The maximum atomic E-state index is 14.9. The molecule has 2 saturated carbocycles. The van der Waals surface area contributed by atoms with E-state index in [4.69, 9.17) is 5.11 Å². The van der Waals surface area contributed by atoms with Gasteiger partial charge in [-0.1, -0.05) is 32.1 Å². The van der Waals surface area contributed by atoms with E-state index in [1.807, 2.05) is 6.20 Å². The van der Waals surface area contributed by atoms with Crippen LogP contribution >= 0.6 is 0 Å². The van der Waals surface area contributed by atoms with Gasteiger partial charge in [0.05, 0.1) is 11.2 Å². The molecule has 0 unspecified atom stereocenters. The summed E-state index contributed by atoms with van der Waals surface area (Å²) in [7, 11) is 0. The van der Waals surface area contributed by atoms with Gasteiger partial charge in [0.25, 0.3) is 0 Å². The molecule has 0 aliphatic heterocycles. The lowest BCUT2D eigenvalue weighted by molar-refractivity contribution is -0.136. The molecule has 0 saturated heterocycles. The SMILES string of the molecule is O=C(O)CCc1cn(C2CCCC2)c2cc(NC3CCCCC3)c(F)cc2c1=O. The number of aliphatic carboxylic acids is 1. The van der Waals surface area contributed by atoms with Crippen LogP contribution in [-0.2, 0) is 11.2 Å². The van der Waals surface area contributed by atoms with E-state index in [0.29, 0.717) is 16.6 Å². The lowest BCUT2D eigenvalue weighted by Gasteiger charge is -2.25. The molecule has 1 heterocycles. The summed E-state index contributed by atoms with van der Waals surface area (Å²) < 4.78 is 17.0. The summed E-state index contributed by atoms with van der Waals surface area (Å²) in [6, 6.07) is 3.69. The maximum Gasteiger partial charge on any atom is 0.303 e. The highest BCUT2D eigenvalue weighted by atomic mass is 19.1. The van der Waals surface area contributed by atoms with Gasteiger partial charge in [-0.2, -0.15) is 0 Å². The minimum absolute atomic E-state index is 0.102. The van der Waals surface area contributed by atoms with Crippen LogP contribution in [0.25, 0.3) is 10.9 Å². The number of carbonyl (C=O) groups is 1. The topological polar surface area (TPSA) is 71.3 Å². The van der Waals surface area contributed by atoms with Crippen molar-refractivity contribution in [3.05, 3.63) is 39.9 Å². The number of hydrogen-bond acceptors (Lipinski definition) is 3. The van der Waals surface area contributed by atoms with E-state index < -0.39 is 11.8 Å². The van der Waals surface area contributed by atoms with Gasteiger partial charge in [0.1, 0.15) is 5.82 Å². The van der Waals surface area contributed by atoms with E-state index in [0.717, 1.165) is 56.9 Å². The number of halogens is 1. The predicted molar refractivity (Wildman–Crippen MR) is 112 cm³/mol. The van der Waals surface area contributed by atoms with Crippen molar-refractivity contribution in [2.75, 3.05) is 5.32 Å². The van der Waals surface area contributed by atoms with Crippen molar-refractivity contribution >= 4 is 22.6 Å². The van der Waals surface area contributed by atoms with Crippen molar-refractivity contribution in [2.24, 2.45) is 0 Å². The van der Waals surface area contributed by atoms with Crippen LogP contribution in [-0.4, -0.2) is 21.7 Å². The Bertz CT molecular complexity index is 957. The average Bonchev–Trinajstić information content (AvgIpc) is 3.24. The third kappa shape index (κ3) is 4.31. The van der Waals surface area contributed by atoms with Crippen LogP contribution in [0.4, 0.5) is 10.1 Å². The van der Waals surface area contributed by atoms with E-state index in [9.17, 15) is 14.0 Å². The van der Waals surface area contributed by atoms with Crippen molar-refractivity contribution in [3.8, 4) is 0 Å². The molecule has 0 atom stereocenters. The minimum Gasteiger partial charge on any atom is -0.481 e. The average molecular weight is 400 g/mol. The summed E-state index contributed by atoms with van der Waals surface area (Å²) in [5.41, 5.74) is 1.42. The van der Waals surface area contributed by atoms with E-state index in [-0.39, 0.29) is 30.4 Å². The molecule has 2 N–H and O–H groups in total. The molecule has 0 bridgehead atoms. The smallest absolute Gasteiger partial charge is 0.303 e. The minimum atomic E-state index is -0.935. The molecule has 4 rings (SSSR count). The number of nitrogens with zero attached hydrogens (tertiary/aromatic N) is 1. The Morgan fingerprint density at radius 2 is 1.79 bits per heavy atom. The first kappa shape index (κ1) is 19.9. The van der Waals surface area contributed by atoms with Crippen LogP contribution in [0.1, 0.15) is 75.8 Å². The molecule has 156 valence electrons. The summed E-state index contributed by atoms with van der Waals surface area (Å²) in [5.74, 6) is -1.34. The first-order valence-corrected chi connectivity index (χ1v) is 10.9. The van der Waals surface area contributed by atoms with Gasteiger partial charge in [0, 0.05) is 35.7 Å². The van der Waals surface area contributed by atoms with Gasteiger partial charge in [-0.15, -0.1) is 0 Å². The fourth-order valence-electron chi connectivity index (χ4n) is 4.91. The highest BCUT2D eigenvalue weighted by Gasteiger charge is 2.22. The molecule has 0 radical (unpaired) electrons. The number of carboxylic acids is 1. The molecular weight excluding hydrogens is 371 g/mol. The second-order valence-electron chi connectivity index (χ2n) is 8.55. The molecule has 0 spiro atoms. The Kier molecular flexibility index (Phi) is 5.88. The third-order valence-corrected chi connectivity index (χ3v) is 6.49. The van der Waals surface area contributed by atoms with Crippen LogP contribution in [0.3, 0.4) is 0 Å². The summed E-state index contributed by atoms with van der Waals surface area (Å²) in [5, 5.41) is 12.7. The molecule has 29 heavy (non-hydrogen) atoms. The van der Waals surface area contributed by atoms with E-state index in [1.54, 1.807) is 6.07 Å². The van der Waals surface area contributed by atoms with Crippen molar-refractivity contribution in [2.45, 2.75) is 82.7 Å². The van der Waals surface area contributed by atoms with Gasteiger partial charge >= 0.3 is 5.97 Å². The summed E-state index contributed by atoms with van der Waals surface area (Å²) >= 11 is 0. The summed E-state index contributed by atoms with van der Waals surface area (Å²) in [6.07, 6.45) is 11.9. The quantitative estimate of drug-likeness (QED) is 0.714. The van der Waals surface area contributed by atoms with Gasteiger partial charge in [0.15, 0.2) is 5.43 Å². The van der Waals surface area contributed by atoms with Crippen LogP contribution in [0.2, 0.25) is 0 Å². The predicted octanol–water partition coefficient (Wildman–Crippen LogP) is 5.02. The van der Waals surface area contributed by atoms with Crippen molar-refractivity contribution in [1.29, 1.82) is 0 Å². The van der Waals surface area contributed by atoms with Crippen LogP contribution in [0.5, 0.6) is 0 Å². The molecule has 1 aromatic carbocycles. The van der Waals surface area contributed by atoms with E-state index in [2.05, 4.69) is 9.88 Å². The van der Waals surface area contributed by atoms with Crippen molar-refractivity contribution < 1.29 is 14.3 Å². The second-order valence-corrected chi connectivity index (χ2v) is 8.55. The Balaban J connectivity index is 1.78. The monoisotopic (exact) mass is 400 g/mol. The van der Waals surface area contributed by atoms with Gasteiger partial charge < -0.3 is 15.0 Å². The van der Waals surface area contributed by atoms with Crippen LogP contribution < -0.4 is 10.7 Å². The molecule has 1 aromatic heterocycles. The number of hydrogen-bond donors (Lipinski definition) is 2. The number of carboxylic acid groups (broad SMARTS) is 1. The first-order valence-electron chi connectivity index (χ1n) is 10.9. The fourth-order valence-corrected chi connectivity index (χ4v) is 4.91. The maximum absolute atomic E-state index is 14.9. The van der Waals surface area contributed by atoms with Gasteiger partial charge in [-0.3, -0.25) is 9.59 Å². The lowest BCUT2D eigenvalue weighted by Crippen LogP contribution is -2.23. The van der Waals surface area contributed by atoms with Gasteiger partial charge in [-0.25, -0.2) is 4.39 Å². The summed E-state index contributed by atoms with van der Waals surface area (Å²) in [4.78, 5) is 24.0. The molecule has 2 fully saturated rings. The normalized spacial score (nSPS) is 18.4. The number of nitrogens with one attached hydrogen (secondary N) is 1. The zero-order valence-electron chi connectivity index (χ0n) is 16.8.